The Bertz CT molecular complexity index is 672. The first kappa shape index (κ1) is 11.6. The maximum Gasteiger partial charge on any atom is 0.267 e. The highest BCUT2D eigenvalue weighted by atomic mass is 16.2. The van der Waals surface area contributed by atoms with Crippen LogP contribution in [0.15, 0.2) is 36.7 Å². The van der Waals surface area contributed by atoms with Crippen molar-refractivity contribution in [1.82, 2.24) is 4.98 Å². The van der Waals surface area contributed by atoms with E-state index in [1.807, 2.05) is 26.0 Å². The molecule has 1 aliphatic rings. The van der Waals surface area contributed by atoms with E-state index in [0.717, 1.165) is 11.1 Å². The molecule has 0 unspecified atom stereocenters. The molecule has 0 fully saturated rings. The van der Waals surface area contributed by atoms with Crippen LogP contribution in [0.2, 0.25) is 0 Å². The van der Waals surface area contributed by atoms with Crippen molar-refractivity contribution in [2.24, 2.45) is 0 Å². The van der Waals surface area contributed by atoms with E-state index in [9.17, 15) is 9.59 Å². The van der Waals surface area contributed by atoms with Gasteiger partial charge in [0, 0.05) is 12.4 Å². The number of rotatable bonds is 1. The summed E-state index contributed by atoms with van der Waals surface area (Å²) in [5.74, 6) is -0.589. The van der Waals surface area contributed by atoms with Gasteiger partial charge in [-0.25, -0.2) is 4.90 Å². The Kier molecular flexibility index (Phi) is 2.45. The molecule has 1 aliphatic heterocycles. The molecule has 4 heteroatoms. The number of hydrogen-bond donors (Lipinski definition) is 0. The van der Waals surface area contributed by atoms with Gasteiger partial charge in [-0.15, -0.1) is 0 Å². The van der Waals surface area contributed by atoms with Crippen LogP contribution in [0.25, 0.3) is 0 Å². The summed E-state index contributed by atoms with van der Waals surface area (Å²) in [5.41, 5.74) is 3.42. The molecule has 0 saturated heterocycles. The fourth-order valence-electron chi connectivity index (χ4n) is 2.36. The van der Waals surface area contributed by atoms with Gasteiger partial charge >= 0.3 is 0 Å². The van der Waals surface area contributed by atoms with Crippen LogP contribution in [-0.4, -0.2) is 16.8 Å². The van der Waals surface area contributed by atoms with Crippen LogP contribution in [0.3, 0.4) is 0 Å². The van der Waals surface area contributed by atoms with Gasteiger partial charge in [0.25, 0.3) is 11.8 Å². The number of benzene rings is 1. The van der Waals surface area contributed by atoms with E-state index in [1.54, 1.807) is 12.1 Å². The van der Waals surface area contributed by atoms with Crippen LogP contribution < -0.4 is 4.90 Å². The number of aromatic nitrogens is 1. The normalized spacial score (nSPS) is 13.9. The molecule has 1 aromatic carbocycles. The number of nitrogens with zero attached hydrogens (tertiary/aromatic N) is 2. The van der Waals surface area contributed by atoms with Crippen molar-refractivity contribution in [3.63, 3.8) is 0 Å². The SMILES string of the molecule is Cc1ccc(N2C(=O)c3ccncc3C2=O)c(C)c1. The van der Waals surface area contributed by atoms with E-state index in [2.05, 4.69) is 4.98 Å². The van der Waals surface area contributed by atoms with Gasteiger partial charge in [-0.2, -0.15) is 0 Å². The zero-order valence-electron chi connectivity index (χ0n) is 10.7. The quantitative estimate of drug-likeness (QED) is 0.733. The van der Waals surface area contributed by atoms with Gasteiger partial charge in [0.1, 0.15) is 0 Å². The van der Waals surface area contributed by atoms with Gasteiger partial charge in [-0.3, -0.25) is 14.6 Å². The minimum absolute atomic E-state index is 0.283. The summed E-state index contributed by atoms with van der Waals surface area (Å²) < 4.78 is 0. The van der Waals surface area contributed by atoms with Gasteiger partial charge in [-0.05, 0) is 31.5 Å². The second kappa shape index (κ2) is 4.02. The van der Waals surface area contributed by atoms with Crippen molar-refractivity contribution in [2.75, 3.05) is 4.90 Å². The monoisotopic (exact) mass is 252 g/mol. The number of carbonyl (C=O) groups excluding carboxylic acids is 2. The second-order valence-electron chi connectivity index (χ2n) is 4.66. The Labute approximate surface area is 110 Å². The highest BCUT2D eigenvalue weighted by Gasteiger charge is 2.37. The summed E-state index contributed by atoms with van der Waals surface area (Å²) in [5, 5.41) is 0. The van der Waals surface area contributed by atoms with Crippen LogP contribution in [-0.2, 0) is 0 Å². The van der Waals surface area contributed by atoms with Crippen LogP contribution >= 0.6 is 0 Å². The van der Waals surface area contributed by atoms with E-state index in [4.69, 9.17) is 0 Å². The number of fused-ring (bicyclic) bond motifs is 1. The molecule has 0 saturated carbocycles. The van der Waals surface area contributed by atoms with Crippen LogP contribution in [0, 0.1) is 13.8 Å². The van der Waals surface area contributed by atoms with Crippen molar-refractivity contribution in [2.45, 2.75) is 13.8 Å². The van der Waals surface area contributed by atoms with Gasteiger partial charge in [0.05, 0.1) is 16.8 Å². The third kappa shape index (κ3) is 1.64. The summed E-state index contributed by atoms with van der Waals surface area (Å²) >= 11 is 0. The first-order chi connectivity index (χ1) is 9.09. The Morgan fingerprint density at radius 2 is 1.74 bits per heavy atom. The van der Waals surface area contributed by atoms with Crippen molar-refractivity contribution < 1.29 is 9.59 Å². The fourth-order valence-corrected chi connectivity index (χ4v) is 2.36. The molecule has 0 spiro atoms. The standard InChI is InChI=1S/C15H12N2O2/c1-9-3-4-13(10(2)7-9)17-14(18)11-5-6-16-8-12(11)15(17)19/h3-8H,1-2H3. The number of carbonyl (C=O) groups is 2. The molecule has 4 nitrogen and oxygen atoms in total. The van der Waals surface area contributed by atoms with E-state index in [-0.39, 0.29) is 11.8 Å². The van der Waals surface area contributed by atoms with Crippen molar-refractivity contribution >= 4 is 17.5 Å². The number of anilines is 1. The lowest BCUT2D eigenvalue weighted by Crippen LogP contribution is -2.30. The average Bonchev–Trinajstić information content (AvgIpc) is 2.64. The maximum atomic E-state index is 12.3. The van der Waals surface area contributed by atoms with Crippen LogP contribution in [0.5, 0.6) is 0 Å². The minimum atomic E-state index is -0.306. The van der Waals surface area contributed by atoms with E-state index in [0.29, 0.717) is 16.8 Å². The summed E-state index contributed by atoms with van der Waals surface area (Å²) in [6, 6.07) is 7.24. The van der Waals surface area contributed by atoms with Crippen LogP contribution in [0.4, 0.5) is 5.69 Å². The highest BCUT2D eigenvalue weighted by Crippen LogP contribution is 2.30. The molecule has 0 aliphatic carbocycles. The first-order valence-electron chi connectivity index (χ1n) is 5.99. The van der Waals surface area contributed by atoms with E-state index in [1.165, 1.54) is 17.3 Å². The lowest BCUT2D eigenvalue weighted by molar-refractivity contribution is 0.0926. The molecular formula is C15H12N2O2. The number of imide groups is 1. The molecule has 2 aromatic rings. The highest BCUT2D eigenvalue weighted by molar-refractivity contribution is 6.34. The lowest BCUT2D eigenvalue weighted by Gasteiger charge is -2.16. The molecule has 0 bridgehead atoms. The summed E-state index contributed by atoms with van der Waals surface area (Å²) in [4.78, 5) is 29.8. The molecule has 1 aromatic heterocycles. The zero-order valence-corrected chi connectivity index (χ0v) is 10.7. The summed E-state index contributed by atoms with van der Waals surface area (Å²) in [6.45, 7) is 3.87. The predicted molar refractivity (Wildman–Crippen MR) is 71.3 cm³/mol. The van der Waals surface area contributed by atoms with Gasteiger partial charge in [0.15, 0.2) is 0 Å². The maximum absolute atomic E-state index is 12.3. The zero-order chi connectivity index (χ0) is 13.6. The molecule has 0 radical (unpaired) electrons. The van der Waals surface area contributed by atoms with Crippen molar-refractivity contribution in [3.05, 3.63) is 58.9 Å². The third-order valence-corrected chi connectivity index (χ3v) is 3.28. The van der Waals surface area contributed by atoms with Crippen molar-refractivity contribution in [1.29, 1.82) is 0 Å². The molecule has 3 rings (SSSR count). The molecule has 0 atom stereocenters. The first-order valence-corrected chi connectivity index (χ1v) is 5.99. The third-order valence-electron chi connectivity index (χ3n) is 3.28. The minimum Gasteiger partial charge on any atom is -0.268 e. The molecule has 0 N–H and O–H groups in total. The summed E-state index contributed by atoms with van der Waals surface area (Å²) in [7, 11) is 0. The second-order valence-corrected chi connectivity index (χ2v) is 4.66. The summed E-state index contributed by atoms with van der Waals surface area (Å²) in [6.07, 6.45) is 2.97. The molecule has 19 heavy (non-hydrogen) atoms. The van der Waals surface area contributed by atoms with Gasteiger partial charge < -0.3 is 0 Å². The molecular weight excluding hydrogens is 240 g/mol. The molecule has 94 valence electrons. The molecule has 2 heterocycles. The fraction of sp³-hybridized carbons (Fsp3) is 0.133. The Balaban J connectivity index is 2.14. The van der Waals surface area contributed by atoms with Gasteiger partial charge in [-0.1, -0.05) is 17.7 Å². The average molecular weight is 252 g/mol. The topological polar surface area (TPSA) is 50.3 Å². The van der Waals surface area contributed by atoms with E-state index < -0.39 is 0 Å². The number of pyridine rings is 1. The number of aryl methyl sites for hydroxylation is 2. The Morgan fingerprint density at radius 1 is 1.00 bits per heavy atom. The Hall–Kier alpha value is -2.49. The van der Waals surface area contributed by atoms with E-state index >= 15 is 0 Å². The largest absolute Gasteiger partial charge is 0.268 e. The van der Waals surface area contributed by atoms with Crippen molar-refractivity contribution in [3.8, 4) is 0 Å². The molecule has 2 amide bonds. The predicted octanol–water partition coefficient (Wildman–Crippen LogP) is 2.50. The lowest BCUT2D eigenvalue weighted by atomic mass is 10.1. The number of hydrogen-bond acceptors (Lipinski definition) is 3. The van der Waals surface area contributed by atoms with Gasteiger partial charge in [0.2, 0.25) is 0 Å². The smallest absolute Gasteiger partial charge is 0.267 e. The van der Waals surface area contributed by atoms with Crippen LogP contribution in [0.1, 0.15) is 31.8 Å². The number of amides is 2. The Morgan fingerprint density at radius 3 is 2.42 bits per heavy atom.